The van der Waals surface area contributed by atoms with Crippen LogP contribution in [0.1, 0.15) is 40.0 Å². The van der Waals surface area contributed by atoms with Gasteiger partial charge in [-0.3, -0.25) is 14.4 Å². The first-order valence-electron chi connectivity index (χ1n) is 6.70. The average molecular weight is 270 g/mol. The summed E-state index contributed by atoms with van der Waals surface area (Å²) in [6.07, 6.45) is 1.01. The number of esters is 1. The average Bonchev–Trinajstić information content (AvgIpc) is 2.31. The maximum absolute atomic E-state index is 11.8. The Bertz CT molecular complexity index is 355. The zero-order valence-corrected chi connectivity index (χ0v) is 11.7. The molecule has 0 saturated carbocycles. The summed E-state index contributed by atoms with van der Waals surface area (Å²) in [7, 11) is 0. The fraction of sp³-hybridized carbons (Fsp3) is 0.769. The van der Waals surface area contributed by atoms with Gasteiger partial charge in [-0.15, -0.1) is 0 Å². The van der Waals surface area contributed by atoms with Gasteiger partial charge in [0.05, 0.1) is 6.61 Å². The molecule has 1 aliphatic heterocycles. The van der Waals surface area contributed by atoms with Gasteiger partial charge in [-0.25, -0.2) is 0 Å². The Kier molecular flexibility index (Phi) is 5.79. The van der Waals surface area contributed by atoms with Crippen LogP contribution in [0.5, 0.6) is 0 Å². The van der Waals surface area contributed by atoms with E-state index in [1.807, 2.05) is 13.8 Å². The monoisotopic (exact) mass is 270 g/mol. The standard InChI is InChI=1S/C13H22N2O4/c1-4-19-11(16)6-5-9-12(17)15-10(7-8(2)3)13(18)14-9/h8-10H,4-7H2,1-3H3,(H,14,18)(H,15,17)/t9-,10-/m0/s1. The minimum Gasteiger partial charge on any atom is -0.466 e. The molecule has 0 spiro atoms. The van der Waals surface area contributed by atoms with E-state index in [2.05, 4.69) is 10.6 Å². The maximum atomic E-state index is 11.8. The van der Waals surface area contributed by atoms with Crippen LogP contribution in [0.2, 0.25) is 0 Å². The van der Waals surface area contributed by atoms with Crippen LogP contribution in [0.4, 0.5) is 0 Å². The van der Waals surface area contributed by atoms with Crippen molar-refractivity contribution in [2.75, 3.05) is 6.61 Å². The molecule has 108 valence electrons. The van der Waals surface area contributed by atoms with Gasteiger partial charge in [-0.05, 0) is 25.7 Å². The number of ether oxygens (including phenoxy) is 1. The molecule has 0 aliphatic carbocycles. The molecule has 0 radical (unpaired) electrons. The Balaban J connectivity index is 2.45. The normalized spacial score (nSPS) is 22.9. The van der Waals surface area contributed by atoms with E-state index >= 15 is 0 Å². The van der Waals surface area contributed by atoms with E-state index in [0.717, 1.165) is 0 Å². The number of carbonyl (C=O) groups excluding carboxylic acids is 3. The van der Waals surface area contributed by atoms with Gasteiger partial charge in [0.1, 0.15) is 12.1 Å². The van der Waals surface area contributed by atoms with Crippen LogP contribution >= 0.6 is 0 Å². The summed E-state index contributed by atoms with van der Waals surface area (Å²) in [4.78, 5) is 34.9. The minimum atomic E-state index is -0.639. The first-order valence-corrected chi connectivity index (χ1v) is 6.70. The summed E-state index contributed by atoms with van der Waals surface area (Å²) in [5, 5.41) is 5.36. The third-order valence-electron chi connectivity index (χ3n) is 2.92. The summed E-state index contributed by atoms with van der Waals surface area (Å²) < 4.78 is 4.79. The summed E-state index contributed by atoms with van der Waals surface area (Å²) >= 11 is 0. The van der Waals surface area contributed by atoms with E-state index in [1.54, 1.807) is 6.92 Å². The first kappa shape index (κ1) is 15.5. The van der Waals surface area contributed by atoms with Crippen molar-refractivity contribution < 1.29 is 19.1 Å². The van der Waals surface area contributed by atoms with Gasteiger partial charge in [-0.2, -0.15) is 0 Å². The Morgan fingerprint density at radius 1 is 1.21 bits per heavy atom. The molecule has 0 bridgehead atoms. The Labute approximate surface area is 113 Å². The summed E-state index contributed by atoms with van der Waals surface area (Å²) in [6.45, 7) is 6.03. The molecule has 2 N–H and O–H groups in total. The van der Waals surface area contributed by atoms with Gasteiger partial charge >= 0.3 is 5.97 Å². The van der Waals surface area contributed by atoms with E-state index in [4.69, 9.17) is 4.74 Å². The highest BCUT2D eigenvalue weighted by atomic mass is 16.5. The highest BCUT2D eigenvalue weighted by Gasteiger charge is 2.33. The van der Waals surface area contributed by atoms with Crippen LogP contribution in [0.15, 0.2) is 0 Å². The Morgan fingerprint density at radius 2 is 1.79 bits per heavy atom. The number of piperazine rings is 1. The van der Waals surface area contributed by atoms with Gasteiger partial charge in [0.15, 0.2) is 0 Å². The van der Waals surface area contributed by atoms with Gasteiger partial charge in [0.25, 0.3) is 0 Å². The Hall–Kier alpha value is -1.59. The molecular formula is C13H22N2O4. The number of rotatable bonds is 6. The second-order valence-electron chi connectivity index (χ2n) is 5.10. The molecule has 6 heteroatoms. The third-order valence-corrected chi connectivity index (χ3v) is 2.92. The maximum Gasteiger partial charge on any atom is 0.305 e. The van der Waals surface area contributed by atoms with Gasteiger partial charge in [0, 0.05) is 6.42 Å². The lowest BCUT2D eigenvalue weighted by Gasteiger charge is -2.30. The number of nitrogens with one attached hydrogen (secondary N) is 2. The second-order valence-corrected chi connectivity index (χ2v) is 5.10. The molecule has 19 heavy (non-hydrogen) atoms. The minimum absolute atomic E-state index is 0.126. The Morgan fingerprint density at radius 3 is 2.37 bits per heavy atom. The van der Waals surface area contributed by atoms with Crippen molar-refractivity contribution in [3.8, 4) is 0 Å². The van der Waals surface area contributed by atoms with E-state index in [1.165, 1.54) is 0 Å². The van der Waals surface area contributed by atoms with Crippen LogP contribution in [-0.4, -0.2) is 36.5 Å². The van der Waals surface area contributed by atoms with E-state index < -0.39 is 12.1 Å². The molecule has 1 aliphatic rings. The lowest BCUT2D eigenvalue weighted by Crippen LogP contribution is -2.61. The molecule has 0 unspecified atom stereocenters. The van der Waals surface area contributed by atoms with E-state index in [0.29, 0.717) is 18.9 Å². The van der Waals surface area contributed by atoms with Gasteiger partial charge in [0.2, 0.25) is 11.8 Å². The van der Waals surface area contributed by atoms with Crippen LogP contribution in [0.25, 0.3) is 0 Å². The van der Waals surface area contributed by atoms with Crippen molar-refractivity contribution in [3.63, 3.8) is 0 Å². The summed E-state index contributed by atoms with van der Waals surface area (Å²) in [5.41, 5.74) is 0. The van der Waals surface area contributed by atoms with E-state index in [9.17, 15) is 14.4 Å². The highest BCUT2D eigenvalue weighted by molar-refractivity contribution is 5.97. The van der Waals surface area contributed by atoms with Gasteiger partial charge in [-0.1, -0.05) is 13.8 Å². The lowest BCUT2D eigenvalue weighted by atomic mass is 9.99. The molecule has 1 saturated heterocycles. The van der Waals surface area contributed by atoms with E-state index in [-0.39, 0.29) is 30.6 Å². The molecule has 0 aromatic rings. The SMILES string of the molecule is CCOC(=O)CC[C@@H]1NC(=O)[C@H](CC(C)C)NC1=O. The second kappa shape index (κ2) is 7.11. The van der Waals surface area contributed by atoms with Crippen molar-refractivity contribution in [1.82, 2.24) is 10.6 Å². The molecular weight excluding hydrogens is 248 g/mol. The molecule has 1 fully saturated rings. The number of carbonyl (C=O) groups is 3. The largest absolute Gasteiger partial charge is 0.466 e. The van der Waals surface area contributed by atoms with Crippen molar-refractivity contribution in [2.24, 2.45) is 5.92 Å². The van der Waals surface area contributed by atoms with Gasteiger partial charge < -0.3 is 15.4 Å². The molecule has 2 amide bonds. The fourth-order valence-corrected chi connectivity index (χ4v) is 2.01. The van der Waals surface area contributed by atoms with Crippen molar-refractivity contribution >= 4 is 17.8 Å². The molecule has 1 heterocycles. The van der Waals surface area contributed by atoms with Crippen molar-refractivity contribution in [2.45, 2.75) is 52.1 Å². The first-order chi connectivity index (χ1) is 8.93. The molecule has 6 nitrogen and oxygen atoms in total. The van der Waals surface area contributed by atoms with Crippen molar-refractivity contribution in [1.29, 1.82) is 0 Å². The zero-order valence-electron chi connectivity index (χ0n) is 11.7. The number of hydrogen-bond donors (Lipinski definition) is 2. The van der Waals surface area contributed by atoms with Crippen LogP contribution in [0.3, 0.4) is 0 Å². The van der Waals surface area contributed by atoms with Crippen molar-refractivity contribution in [3.05, 3.63) is 0 Å². The number of amides is 2. The molecule has 1 rings (SSSR count). The highest BCUT2D eigenvalue weighted by Crippen LogP contribution is 2.11. The smallest absolute Gasteiger partial charge is 0.305 e. The lowest BCUT2D eigenvalue weighted by molar-refractivity contribution is -0.144. The molecule has 2 atom stereocenters. The summed E-state index contributed by atoms with van der Waals surface area (Å²) in [6, 6.07) is -1.10. The fourth-order valence-electron chi connectivity index (χ4n) is 2.01. The van der Waals surface area contributed by atoms with Crippen LogP contribution in [-0.2, 0) is 19.1 Å². The topological polar surface area (TPSA) is 84.5 Å². The zero-order chi connectivity index (χ0) is 14.4. The molecule has 0 aromatic carbocycles. The quantitative estimate of drug-likeness (QED) is 0.682. The molecule has 0 aromatic heterocycles. The summed E-state index contributed by atoms with van der Waals surface area (Å²) in [5.74, 6) is -0.433. The predicted molar refractivity (Wildman–Crippen MR) is 69.2 cm³/mol. The van der Waals surface area contributed by atoms with Crippen LogP contribution in [0, 0.1) is 5.92 Å². The van der Waals surface area contributed by atoms with Crippen LogP contribution < -0.4 is 10.6 Å². The predicted octanol–water partition coefficient (Wildman–Crippen LogP) is 0.359. The third kappa shape index (κ3) is 4.89. The number of hydrogen-bond acceptors (Lipinski definition) is 4.